The maximum atomic E-state index is 13.4. The number of aromatic nitrogens is 1. The molecule has 4 nitrogen and oxygen atoms in total. The van der Waals surface area contributed by atoms with Gasteiger partial charge in [0.25, 0.3) is 0 Å². The molecule has 1 aromatic carbocycles. The van der Waals surface area contributed by atoms with Gasteiger partial charge in [-0.05, 0) is 54.8 Å². The highest BCUT2D eigenvalue weighted by molar-refractivity contribution is 5.72. The van der Waals surface area contributed by atoms with Gasteiger partial charge in [-0.3, -0.25) is 14.7 Å². The van der Waals surface area contributed by atoms with Crippen molar-refractivity contribution in [1.29, 1.82) is 0 Å². The van der Waals surface area contributed by atoms with Crippen LogP contribution in [0.2, 0.25) is 0 Å². The van der Waals surface area contributed by atoms with Crippen molar-refractivity contribution in [2.75, 3.05) is 6.54 Å². The van der Waals surface area contributed by atoms with Gasteiger partial charge in [0.15, 0.2) is 11.6 Å². The van der Waals surface area contributed by atoms with Crippen molar-refractivity contribution >= 4 is 5.91 Å². The summed E-state index contributed by atoms with van der Waals surface area (Å²) < 4.78 is 26.5. The van der Waals surface area contributed by atoms with Gasteiger partial charge >= 0.3 is 0 Å². The Morgan fingerprint density at radius 1 is 1.28 bits per heavy atom. The molecule has 0 radical (unpaired) electrons. The molecule has 1 amide bonds. The largest absolute Gasteiger partial charge is 0.351 e. The van der Waals surface area contributed by atoms with Gasteiger partial charge in [-0.1, -0.05) is 6.07 Å². The van der Waals surface area contributed by atoms with E-state index in [1.165, 1.54) is 19.1 Å². The number of carbonyl (C=O) groups excluding carboxylic acids is 1. The Balaban J connectivity index is 1.73. The van der Waals surface area contributed by atoms with Crippen LogP contribution in [0, 0.1) is 11.6 Å². The molecule has 0 saturated carbocycles. The van der Waals surface area contributed by atoms with Crippen LogP contribution in [0.4, 0.5) is 8.78 Å². The lowest BCUT2D eigenvalue weighted by molar-refractivity contribution is -0.119. The smallest absolute Gasteiger partial charge is 0.217 e. The number of amides is 1. The standard InChI is InChI=1S/C19H21F2N3O/c1-13(25)23-11-16-10-15(6-7-22-16)19-3-2-8-24(19)12-14-4-5-17(20)18(21)9-14/h4-7,9-10,19H,2-3,8,11-12H2,1H3,(H,23,25). The molecule has 1 fully saturated rings. The Bertz CT molecular complexity index is 766. The average Bonchev–Trinajstić information content (AvgIpc) is 3.05. The van der Waals surface area contributed by atoms with Crippen molar-refractivity contribution in [1.82, 2.24) is 15.2 Å². The molecule has 1 unspecified atom stereocenters. The van der Waals surface area contributed by atoms with E-state index in [0.29, 0.717) is 13.1 Å². The fraction of sp³-hybridized carbons (Fsp3) is 0.368. The van der Waals surface area contributed by atoms with E-state index >= 15 is 0 Å². The number of rotatable bonds is 5. The van der Waals surface area contributed by atoms with Crippen molar-refractivity contribution in [3.8, 4) is 0 Å². The molecule has 1 aliphatic rings. The number of carbonyl (C=O) groups is 1. The molecule has 6 heteroatoms. The van der Waals surface area contributed by atoms with E-state index in [2.05, 4.69) is 15.2 Å². The molecule has 25 heavy (non-hydrogen) atoms. The van der Waals surface area contributed by atoms with E-state index in [9.17, 15) is 13.6 Å². The van der Waals surface area contributed by atoms with E-state index in [-0.39, 0.29) is 11.9 Å². The van der Waals surface area contributed by atoms with E-state index in [4.69, 9.17) is 0 Å². The molecule has 2 aromatic rings. The summed E-state index contributed by atoms with van der Waals surface area (Å²) in [6.07, 6.45) is 3.81. The SMILES string of the molecule is CC(=O)NCc1cc(C2CCCN2Cc2ccc(F)c(F)c2)ccn1. The number of pyridine rings is 1. The summed E-state index contributed by atoms with van der Waals surface area (Å²) in [5.74, 6) is -1.72. The maximum absolute atomic E-state index is 13.4. The van der Waals surface area contributed by atoms with Gasteiger partial charge in [0.1, 0.15) is 0 Å². The zero-order valence-corrected chi connectivity index (χ0v) is 14.1. The number of hydrogen-bond donors (Lipinski definition) is 1. The maximum Gasteiger partial charge on any atom is 0.217 e. The molecule has 1 N–H and O–H groups in total. The minimum atomic E-state index is -0.821. The van der Waals surface area contributed by atoms with Gasteiger partial charge in [-0.15, -0.1) is 0 Å². The fourth-order valence-electron chi connectivity index (χ4n) is 3.28. The van der Waals surface area contributed by atoms with Crippen LogP contribution < -0.4 is 5.32 Å². The number of nitrogens with one attached hydrogen (secondary N) is 1. The topological polar surface area (TPSA) is 45.2 Å². The molecule has 1 atom stereocenters. The Morgan fingerprint density at radius 3 is 2.88 bits per heavy atom. The van der Waals surface area contributed by atoms with E-state index in [1.807, 2.05) is 12.1 Å². The lowest BCUT2D eigenvalue weighted by Gasteiger charge is -2.25. The molecule has 132 valence electrons. The summed E-state index contributed by atoms with van der Waals surface area (Å²) in [4.78, 5) is 17.6. The fourth-order valence-corrected chi connectivity index (χ4v) is 3.28. The Kier molecular flexibility index (Phi) is 5.38. The summed E-state index contributed by atoms with van der Waals surface area (Å²) in [7, 11) is 0. The Labute approximate surface area is 145 Å². The van der Waals surface area contributed by atoms with Crippen LogP contribution in [-0.4, -0.2) is 22.3 Å². The number of benzene rings is 1. The second-order valence-corrected chi connectivity index (χ2v) is 6.37. The highest BCUT2D eigenvalue weighted by Gasteiger charge is 2.26. The van der Waals surface area contributed by atoms with Gasteiger partial charge in [0.2, 0.25) is 5.91 Å². The minimum absolute atomic E-state index is 0.0898. The lowest BCUT2D eigenvalue weighted by Crippen LogP contribution is -2.23. The van der Waals surface area contributed by atoms with Crippen molar-refractivity contribution in [2.45, 2.75) is 38.9 Å². The first-order valence-corrected chi connectivity index (χ1v) is 8.40. The molecule has 1 aliphatic heterocycles. The Hall–Kier alpha value is -2.34. The third-order valence-corrected chi connectivity index (χ3v) is 4.48. The first-order chi connectivity index (χ1) is 12.0. The van der Waals surface area contributed by atoms with Gasteiger partial charge in [-0.2, -0.15) is 0 Å². The van der Waals surface area contributed by atoms with Crippen LogP contribution in [0.5, 0.6) is 0 Å². The summed E-state index contributed by atoms with van der Waals surface area (Å²) in [5, 5.41) is 2.75. The first kappa shape index (κ1) is 17.5. The van der Waals surface area contributed by atoms with Crippen molar-refractivity contribution < 1.29 is 13.6 Å². The van der Waals surface area contributed by atoms with Crippen molar-refractivity contribution in [3.63, 3.8) is 0 Å². The minimum Gasteiger partial charge on any atom is -0.351 e. The van der Waals surface area contributed by atoms with E-state index in [1.54, 1.807) is 12.3 Å². The second-order valence-electron chi connectivity index (χ2n) is 6.37. The average molecular weight is 345 g/mol. The summed E-state index contributed by atoms with van der Waals surface area (Å²) >= 11 is 0. The number of halogens is 2. The second kappa shape index (κ2) is 7.70. The monoisotopic (exact) mass is 345 g/mol. The molecule has 0 spiro atoms. The molecule has 3 rings (SSSR count). The van der Waals surface area contributed by atoms with E-state index < -0.39 is 11.6 Å². The normalized spacial score (nSPS) is 17.6. The van der Waals surface area contributed by atoms with Gasteiger partial charge in [0, 0.05) is 25.7 Å². The van der Waals surface area contributed by atoms with Gasteiger partial charge < -0.3 is 5.32 Å². The Morgan fingerprint density at radius 2 is 2.12 bits per heavy atom. The third kappa shape index (κ3) is 4.39. The molecule has 2 heterocycles. The molecule has 1 saturated heterocycles. The highest BCUT2D eigenvalue weighted by atomic mass is 19.2. The van der Waals surface area contributed by atoms with Gasteiger partial charge in [0.05, 0.1) is 12.2 Å². The molecule has 1 aromatic heterocycles. The van der Waals surface area contributed by atoms with Crippen molar-refractivity contribution in [3.05, 3.63) is 65.0 Å². The number of nitrogens with zero attached hydrogens (tertiary/aromatic N) is 2. The third-order valence-electron chi connectivity index (χ3n) is 4.48. The zero-order chi connectivity index (χ0) is 17.8. The lowest BCUT2D eigenvalue weighted by atomic mass is 10.0. The van der Waals surface area contributed by atoms with Gasteiger partial charge in [-0.25, -0.2) is 8.78 Å². The molecular formula is C19H21F2N3O. The van der Waals surface area contributed by atoms with Crippen LogP contribution in [0.15, 0.2) is 36.5 Å². The van der Waals surface area contributed by atoms with Crippen molar-refractivity contribution in [2.24, 2.45) is 0 Å². The number of hydrogen-bond acceptors (Lipinski definition) is 3. The van der Waals surface area contributed by atoms with E-state index in [0.717, 1.165) is 36.2 Å². The zero-order valence-electron chi connectivity index (χ0n) is 14.1. The van der Waals surface area contributed by atoms with Crippen LogP contribution in [0.3, 0.4) is 0 Å². The van der Waals surface area contributed by atoms with Crippen LogP contribution in [0.25, 0.3) is 0 Å². The first-order valence-electron chi connectivity index (χ1n) is 8.40. The predicted molar refractivity (Wildman–Crippen MR) is 90.5 cm³/mol. The predicted octanol–water partition coefficient (Wildman–Crippen LogP) is 3.33. The molecule has 0 aliphatic carbocycles. The highest BCUT2D eigenvalue weighted by Crippen LogP contribution is 2.33. The molecular weight excluding hydrogens is 324 g/mol. The summed E-state index contributed by atoms with van der Waals surface area (Å²) in [5.41, 5.74) is 2.71. The summed E-state index contributed by atoms with van der Waals surface area (Å²) in [6, 6.07) is 8.26. The van der Waals surface area contributed by atoms with Crippen LogP contribution >= 0.6 is 0 Å². The van der Waals surface area contributed by atoms with Crippen LogP contribution in [-0.2, 0) is 17.9 Å². The van der Waals surface area contributed by atoms with Crippen LogP contribution in [0.1, 0.15) is 42.6 Å². The summed E-state index contributed by atoms with van der Waals surface area (Å²) in [6.45, 7) is 3.36. The quantitative estimate of drug-likeness (QED) is 0.904. The molecule has 0 bridgehead atoms. The number of likely N-dealkylation sites (tertiary alicyclic amines) is 1.